The number of hydrogen-bond donors (Lipinski definition) is 0. The van der Waals surface area contributed by atoms with Gasteiger partial charge in [0, 0.05) is 33.4 Å². The summed E-state index contributed by atoms with van der Waals surface area (Å²) in [6, 6.07) is 53.2. The number of aryl methyl sites for hydroxylation is 3. The van der Waals surface area contributed by atoms with Gasteiger partial charge in [-0.3, -0.25) is 14.4 Å². The van der Waals surface area contributed by atoms with Crippen LogP contribution in [0.4, 0.5) is 0 Å². The number of hydrogen-bond acceptors (Lipinski definition) is 3. The Labute approximate surface area is 318 Å². The van der Waals surface area contributed by atoms with Crippen LogP contribution in [0.1, 0.15) is 97.8 Å². The molecule has 0 atom stereocenters. The first-order valence-corrected chi connectivity index (χ1v) is 18.4. The molecule has 0 saturated carbocycles. The monoisotopic (exact) mass is 702 g/mol. The van der Waals surface area contributed by atoms with Crippen LogP contribution in [0.2, 0.25) is 0 Å². The largest absolute Gasteiger partial charge is 0.289 e. The lowest BCUT2D eigenvalue weighted by molar-refractivity contribution is 0.103. The van der Waals surface area contributed by atoms with Crippen LogP contribution >= 0.6 is 0 Å². The summed E-state index contributed by atoms with van der Waals surface area (Å²) in [6.07, 6.45) is 1.63. The molecule has 7 aromatic carbocycles. The fraction of sp³-hybridized carbons (Fsp3) is 0.118. The Morgan fingerprint density at radius 3 is 0.833 bits per heavy atom. The minimum Gasteiger partial charge on any atom is -0.289 e. The number of benzene rings is 7. The van der Waals surface area contributed by atoms with Crippen molar-refractivity contribution in [3.8, 4) is 0 Å². The second-order valence-corrected chi connectivity index (χ2v) is 14.2. The molecule has 0 fully saturated rings. The molecule has 0 aromatic heterocycles. The maximum absolute atomic E-state index is 13.8. The molecule has 0 heterocycles. The number of ketones is 3. The van der Waals surface area contributed by atoms with Gasteiger partial charge in [0.05, 0.1) is 0 Å². The van der Waals surface area contributed by atoms with Crippen LogP contribution in [-0.2, 0) is 19.3 Å². The summed E-state index contributed by atoms with van der Waals surface area (Å²) in [7, 11) is 0. The van der Waals surface area contributed by atoms with Crippen LogP contribution in [0.3, 0.4) is 0 Å². The lowest BCUT2D eigenvalue weighted by atomic mass is 9.88. The lowest BCUT2D eigenvalue weighted by Gasteiger charge is -2.15. The minimum absolute atomic E-state index is 0.00549. The highest BCUT2D eigenvalue weighted by Crippen LogP contribution is 2.26. The molecular formula is C51H42O3. The Balaban J connectivity index is 1.27. The smallest absolute Gasteiger partial charge is 0.193 e. The minimum atomic E-state index is -0.00549. The molecule has 0 N–H and O–H groups in total. The van der Waals surface area contributed by atoms with E-state index in [2.05, 4.69) is 18.2 Å². The highest BCUT2D eigenvalue weighted by Gasteiger charge is 2.18. The van der Waals surface area contributed by atoms with E-state index in [0.29, 0.717) is 52.6 Å². The van der Waals surface area contributed by atoms with E-state index in [1.807, 2.05) is 166 Å². The van der Waals surface area contributed by atoms with Crippen LogP contribution in [0.5, 0.6) is 0 Å². The summed E-state index contributed by atoms with van der Waals surface area (Å²) >= 11 is 0. The maximum Gasteiger partial charge on any atom is 0.193 e. The highest BCUT2D eigenvalue weighted by molar-refractivity contribution is 6.11. The van der Waals surface area contributed by atoms with Crippen molar-refractivity contribution in [2.75, 3.05) is 0 Å². The molecule has 3 heteroatoms. The van der Waals surface area contributed by atoms with Crippen molar-refractivity contribution in [1.29, 1.82) is 0 Å². The average Bonchev–Trinajstić information content (AvgIpc) is 3.18. The molecule has 0 saturated heterocycles. The van der Waals surface area contributed by atoms with E-state index >= 15 is 0 Å². The first kappa shape index (κ1) is 35.9. The lowest BCUT2D eigenvalue weighted by Crippen LogP contribution is -2.08. The molecule has 54 heavy (non-hydrogen) atoms. The molecule has 0 bridgehead atoms. The number of carbonyl (C=O) groups is 3. The van der Waals surface area contributed by atoms with Gasteiger partial charge in [-0.25, -0.2) is 0 Å². The van der Waals surface area contributed by atoms with E-state index in [0.717, 1.165) is 50.1 Å². The van der Waals surface area contributed by atoms with E-state index in [1.165, 1.54) is 0 Å². The van der Waals surface area contributed by atoms with Crippen molar-refractivity contribution < 1.29 is 14.4 Å². The van der Waals surface area contributed by atoms with Gasteiger partial charge < -0.3 is 0 Å². The predicted molar refractivity (Wildman–Crippen MR) is 218 cm³/mol. The summed E-state index contributed by atoms with van der Waals surface area (Å²) in [5.41, 5.74) is 13.3. The van der Waals surface area contributed by atoms with Crippen LogP contribution < -0.4 is 0 Å². The fourth-order valence-electron chi connectivity index (χ4n) is 7.07. The molecule has 3 nitrogen and oxygen atoms in total. The summed E-state index contributed by atoms with van der Waals surface area (Å²) < 4.78 is 0. The van der Waals surface area contributed by atoms with Gasteiger partial charge >= 0.3 is 0 Å². The average molecular weight is 703 g/mol. The summed E-state index contributed by atoms with van der Waals surface area (Å²) in [4.78, 5) is 41.4. The SMILES string of the molecule is Cc1ccc(C(=O)c2ccccc2Cc2cc(Cc3ccccc3C(=O)c3ccc(C)cc3)cc(Cc3ccccc3C(=O)c3ccc(C)cc3)c2)cc1. The Morgan fingerprint density at radius 1 is 0.333 bits per heavy atom. The zero-order valence-electron chi connectivity index (χ0n) is 30.9. The quantitative estimate of drug-likeness (QED) is 0.119. The number of carbonyl (C=O) groups excluding carboxylic acids is 3. The fourth-order valence-corrected chi connectivity index (χ4v) is 7.07. The third-order valence-electron chi connectivity index (χ3n) is 10.0. The topological polar surface area (TPSA) is 51.2 Å². The predicted octanol–water partition coefficient (Wildman–Crippen LogP) is 11.1. The van der Waals surface area contributed by atoms with Crippen LogP contribution in [0.15, 0.2) is 164 Å². The molecule has 7 rings (SSSR count). The van der Waals surface area contributed by atoms with Crippen molar-refractivity contribution >= 4 is 17.3 Å². The zero-order chi connectivity index (χ0) is 37.6. The van der Waals surface area contributed by atoms with Crippen molar-refractivity contribution in [2.24, 2.45) is 0 Å². The summed E-state index contributed by atoms with van der Waals surface area (Å²) in [6.45, 7) is 6.04. The van der Waals surface area contributed by atoms with Crippen LogP contribution in [-0.4, -0.2) is 17.3 Å². The third kappa shape index (κ3) is 8.27. The van der Waals surface area contributed by atoms with Gasteiger partial charge in [-0.15, -0.1) is 0 Å². The normalized spacial score (nSPS) is 10.9. The van der Waals surface area contributed by atoms with Gasteiger partial charge in [-0.1, -0.05) is 180 Å². The van der Waals surface area contributed by atoms with Gasteiger partial charge in [0.1, 0.15) is 0 Å². The molecule has 0 radical (unpaired) electrons. The van der Waals surface area contributed by atoms with E-state index in [9.17, 15) is 14.4 Å². The Hall–Kier alpha value is -6.45. The summed E-state index contributed by atoms with van der Waals surface area (Å²) in [5, 5.41) is 0. The van der Waals surface area contributed by atoms with Crippen molar-refractivity contribution in [3.63, 3.8) is 0 Å². The van der Waals surface area contributed by atoms with E-state index < -0.39 is 0 Å². The maximum atomic E-state index is 13.8. The Bertz CT molecular complexity index is 2180. The van der Waals surface area contributed by atoms with Crippen molar-refractivity contribution in [2.45, 2.75) is 40.0 Å². The standard InChI is InChI=1S/C51H42O3/c1-34-16-22-40(23-17-34)49(52)46-13-7-4-10-43(46)31-37-28-38(32-44-11-5-8-14-47(44)50(53)41-24-18-35(2)19-25-41)30-39(29-37)33-45-12-6-9-15-48(45)51(54)42-26-20-36(3)21-27-42/h4-30H,31-33H2,1-3H3. The second-order valence-electron chi connectivity index (χ2n) is 14.2. The van der Waals surface area contributed by atoms with E-state index in [4.69, 9.17) is 0 Å². The van der Waals surface area contributed by atoms with Gasteiger partial charge in [0.15, 0.2) is 17.3 Å². The molecule has 0 spiro atoms. The van der Waals surface area contributed by atoms with Crippen LogP contribution in [0.25, 0.3) is 0 Å². The first-order chi connectivity index (χ1) is 26.2. The van der Waals surface area contributed by atoms with Crippen molar-refractivity contribution in [3.05, 3.63) is 247 Å². The molecule has 0 amide bonds. The van der Waals surface area contributed by atoms with Gasteiger partial charge in [0.2, 0.25) is 0 Å². The Morgan fingerprint density at radius 2 is 0.574 bits per heavy atom. The third-order valence-corrected chi connectivity index (χ3v) is 10.0. The molecule has 0 unspecified atom stereocenters. The molecule has 264 valence electrons. The van der Waals surface area contributed by atoms with Gasteiger partial charge in [-0.05, 0) is 73.4 Å². The van der Waals surface area contributed by atoms with Gasteiger partial charge in [-0.2, -0.15) is 0 Å². The molecule has 0 aliphatic carbocycles. The van der Waals surface area contributed by atoms with E-state index in [1.54, 1.807) is 0 Å². The molecule has 0 aliphatic heterocycles. The van der Waals surface area contributed by atoms with E-state index in [-0.39, 0.29) is 17.3 Å². The Kier molecular flexibility index (Phi) is 10.7. The second kappa shape index (κ2) is 16.1. The summed E-state index contributed by atoms with van der Waals surface area (Å²) in [5.74, 6) is -0.0165. The van der Waals surface area contributed by atoms with Gasteiger partial charge in [0.25, 0.3) is 0 Å². The highest BCUT2D eigenvalue weighted by atomic mass is 16.1. The number of rotatable bonds is 12. The first-order valence-electron chi connectivity index (χ1n) is 18.4. The van der Waals surface area contributed by atoms with Crippen molar-refractivity contribution in [1.82, 2.24) is 0 Å². The molecule has 0 aliphatic rings. The van der Waals surface area contributed by atoms with Crippen LogP contribution in [0, 0.1) is 20.8 Å². The zero-order valence-corrected chi connectivity index (χ0v) is 30.9. The molecule has 7 aromatic rings. The molecular weight excluding hydrogens is 661 g/mol.